The van der Waals surface area contributed by atoms with E-state index in [9.17, 15) is 9.59 Å². The Balaban J connectivity index is 1.24. The molecule has 4 rings (SSSR count). The van der Waals surface area contributed by atoms with Crippen molar-refractivity contribution in [2.75, 3.05) is 37.6 Å². The van der Waals surface area contributed by atoms with Gasteiger partial charge >= 0.3 is 0 Å². The molecule has 3 heterocycles. The molecule has 1 fully saturated rings. The van der Waals surface area contributed by atoms with Gasteiger partial charge in [-0.3, -0.25) is 9.59 Å². The van der Waals surface area contributed by atoms with Crippen LogP contribution in [-0.4, -0.2) is 59.4 Å². The average Bonchev–Trinajstić information content (AvgIpc) is 2.87. The van der Waals surface area contributed by atoms with Gasteiger partial charge in [-0.25, -0.2) is 9.97 Å². The quantitative estimate of drug-likeness (QED) is 0.429. The number of pyridine rings is 2. The Kier molecular flexibility index (Phi) is 7.52. The highest BCUT2D eigenvalue weighted by atomic mass is 35.5. The minimum atomic E-state index is -0.120. The molecule has 1 aliphatic heterocycles. The van der Waals surface area contributed by atoms with Crippen molar-refractivity contribution in [1.82, 2.24) is 20.2 Å². The molecule has 0 spiro atoms. The van der Waals surface area contributed by atoms with Crippen molar-refractivity contribution < 1.29 is 9.59 Å². The lowest BCUT2D eigenvalue weighted by molar-refractivity contribution is 0.0746. The second-order valence-corrected chi connectivity index (χ2v) is 8.23. The minimum absolute atomic E-state index is 0.111. The Hall–Kier alpha value is -3.45. The van der Waals surface area contributed by atoms with Crippen molar-refractivity contribution in [3.05, 3.63) is 88.8 Å². The SMILES string of the molecule is O=C(NCCCc1ccccc1)c1ccc(N2CCN(C(=O)c3cccnc3Cl)CC2)nc1. The van der Waals surface area contributed by atoms with E-state index in [1.54, 1.807) is 35.5 Å². The van der Waals surface area contributed by atoms with Crippen LogP contribution in [0.4, 0.5) is 5.82 Å². The van der Waals surface area contributed by atoms with E-state index in [1.807, 2.05) is 24.3 Å². The van der Waals surface area contributed by atoms with E-state index < -0.39 is 0 Å². The molecule has 0 radical (unpaired) electrons. The van der Waals surface area contributed by atoms with Gasteiger partial charge in [0.25, 0.3) is 11.8 Å². The monoisotopic (exact) mass is 463 g/mol. The molecule has 0 unspecified atom stereocenters. The van der Waals surface area contributed by atoms with Crippen LogP contribution in [0.25, 0.3) is 0 Å². The topological polar surface area (TPSA) is 78.4 Å². The number of aromatic nitrogens is 2. The van der Waals surface area contributed by atoms with Crippen molar-refractivity contribution in [2.45, 2.75) is 12.8 Å². The second-order valence-electron chi connectivity index (χ2n) is 7.87. The molecule has 7 nitrogen and oxygen atoms in total. The molecule has 0 saturated carbocycles. The molecule has 8 heteroatoms. The van der Waals surface area contributed by atoms with Gasteiger partial charge in [-0.05, 0) is 42.7 Å². The number of anilines is 1. The van der Waals surface area contributed by atoms with Crippen LogP contribution >= 0.6 is 11.6 Å². The van der Waals surface area contributed by atoms with E-state index in [-0.39, 0.29) is 17.0 Å². The van der Waals surface area contributed by atoms with Crippen LogP contribution in [0.15, 0.2) is 67.0 Å². The number of halogens is 1. The standard InChI is InChI=1S/C25H26ClN5O2/c26-23-21(9-5-12-27-23)25(33)31-16-14-30(15-17-31)22-11-10-20(18-29-22)24(32)28-13-4-8-19-6-2-1-3-7-19/h1-3,5-7,9-12,18H,4,8,13-17H2,(H,28,32). The highest BCUT2D eigenvalue weighted by molar-refractivity contribution is 6.32. The number of nitrogens with zero attached hydrogens (tertiary/aromatic N) is 4. The average molecular weight is 464 g/mol. The summed E-state index contributed by atoms with van der Waals surface area (Å²) < 4.78 is 0. The molecule has 0 aliphatic carbocycles. The van der Waals surface area contributed by atoms with Crippen molar-refractivity contribution in [3.63, 3.8) is 0 Å². The second kappa shape index (κ2) is 10.9. The number of rotatable bonds is 7. The number of amides is 2. The van der Waals surface area contributed by atoms with E-state index in [0.717, 1.165) is 18.7 Å². The Labute approximate surface area is 198 Å². The summed E-state index contributed by atoms with van der Waals surface area (Å²) in [6.07, 6.45) is 4.99. The summed E-state index contributed by atoms with van der Waals surface area (Å²) in [7, 11) is 0. The van der Waals surface area contributed by atoms with Gasteiger partial charge in [0.15, 0.2) is 0 Å². The van der Waals surface area contributed by atoms with Crippen LogP contribution in [0.1, 0.15) is 32.7 Å². The van der Waals surface area contributed by atoms with E-state index in [4.69, 9.17) is 11.6 Å². The molecule has 0 bridgehead atoms. The van der Waals surface area contributed by atoms with Gasteiger partial charge < -0.3 is 15.1 Å². The fourth-order valence-corrected chi connectivity index (χ4v) is 4.00. The maximum Gasteiger partial charge on any atom is 0.257 e. The highest BCUT2D eigenvalue weighted by Crippen LogP contribution is 2.18. The number of nitrogens with one attached hydrogen (secondary N) is 1. The molecule has 2 amide bonds. The summed E-state index contributed by atoms with van der Waals surface area (Å²) in [5.41, 5.74) is 2.23. The molecule has 1 aliphatic rings. The first-order chi connectivity index (χ1) is 16.1. The zero-order valence-electron chi connectivity index (χ0n) is 18.3. The van der Waals surface area contributed by atoms with Gasteiger partial charge in [-0.1, -0.05) is 41.9 Å². The molecular weight excluding hydrogens is 438 g/mol. The van der Waals surface area contributed by atoms with Gasteiger partial charge in [0, 0.05) is 45.1 Å². The Morgan fingerprint density at radius 2 is 1.73 bits per heavy atom. The molecule has 2 aromatic heterocycles. The predicted octanol–water partition coefficient (Wildman–Crippen LogP) is 3.46. The molecule has 1 aromatic carbocycles. The maximum absolute atomic E-state index is 12.7. The van der Waals surface area contributed by atoms with Crippen LogP contribution in [-0.2, 0) is 6.42 Å². The Bertz CT molecular complexity index is 1080. The normalized spacial score (nSPS) is 13.6. The predicted molar refractivity (Wildman–Crippen MR) is 129 cm³/mol. The van der Waals surface area contributed by atoms with Gasteiger partial charge in [-0.15, -0.1) is 0 Å². The molecule has 170 valence electrons. The first-order valence-corrected chi connectivity index (χ1v) is 11.4. The summed E-state index contributed by atoms with van der Waals surface area (Å²) in [5.74, 6) is 0.563. The molecule has 0 atom stereocenters. The van der Waals surface area contributed by atoms with Gasteiger partial charge in [0.1, 0.15) is 11.0 Å². The smallest absolute Gasteiger partial charge is 0.257 e. The molecule has 1 N–H and O–H groups in total. The summed E-state index contributed by atoms with van der Waals surface area (Å²) in [6.45, 7) is 3.06. The molecular formula is C25H26ClN5O2. The molecule has 33 heavy (non-hydrogen) atoms. The maximum atomic E-state index is 12.7. The Morgan fingerprint density at radius 1 is 0.939 bits per heavy atom. The molecule has 1 saturated heterocycles. The van der Waals surface area contributed by atoms with Crippen LogP contribution in [0.5, 0.6) is 0 Å². The molecule has 3 aromatic rings. The summed E-state index contributed by atoms with van der Waals surface area (Å²) in [5, 5.41) is 3.18. The van der Waals surface area contributed by atoms with E-state index in [0.29, 0.717) is 43.9 Å². The zero-order chi connectivity index (χ0) is 23.0. The van der Waals surface area contributed by atoms with Crippen LogP contribution in [0.3, 0.4) is 0 Å². The third-order valence-corrected chi connectivity index (χ3v) is 5.96. The fraction of sp³-hybridized carbons (Fsp3) is 0.280. The minimum Gasteiger partial charge on any atom is -0.353 e. The first kappa shape index (κ1) is 22.7. The third kappa shape index (κ3) is 5.87. The van der Waals surface area contributed by atoms with Gasteiger partial charge in [0.05, 0.1) is 11.1 Å². The Morgan fingerprint density at radius 3 is 2.42 bits per heavy atom. The van der Waals surface area contributed by atoms with E-state index in [1.165, 1.54) is 5.56 Å². The van der Waals surface area contributed by atoms with Crippen molar-refractivity contribution in [3.8, 4) is 0 Å². The van der Waals surface area contributed by atoms with Gasteiger partial charge in [0.2, 0.25) is 0 Å². The lowest BCUT2D eigenvalue weighted by atomic mass is 10.1. The van der Waals surface area contributed by atoms with E-state index in [2.05, 4.69) is 32.3 Å². The van der Waals surface area contributed by atoms with Crippen LogP contribution < -0.4 is 10.2 Å². The first-order valence-electron chi connectivity index (χ1n) is 11.0. The van der Waals surface area contributed by atoms with E-state index >= 15 is 0 Å². The zero-order valence-corrected chi connectivity index (χ0v) is 19.0. The van der Waals surface area contributed by atoms with Crippen LogP contribution in [0.2, 0.25) is 5.15 Å². The number of piperazine rings is 1. The third-order valence-electron chi connectivity index (χ3n) is 5.66. The number of aryl methyl sites for hydroxylation is 1. The van der Waals surface area contributed by atoms with Crippen molar-refractivity contribution >= 4 is 29.2 Å². The summed E-state index contributed by atoms with van der Waals surface area (Å²) in [6, 6.07) is 17.3. The largest absolute Gasteiger partial charge is 0.353 e. The van der Waals surface area contributed by atoms with Crippen molar-refractivity contribution in [2.24, 2.45) is 0 Å². The van der Waals surface area contributed by atoms with Crippen LogP contribution in [0, 0.1) is 0 Å². The fourth-order valence-electron chi connectivity index (χ4n) is 3.80. The number of hydrogen-bond donors (Lipinski definition) is 1. The van der Waals surface area contributed by atoms with Gasteiger partial charge in [-0.2, -0.15) is 0 Å². The lowest BCUT2D eigenvalue weighted by Crippen LogP contribution is -2.49. The highest BCUT2D eigenvalue weighted by Gasteiger charge is 2.24. The van der Waals surface area contributed by atoms with Crippen molar-refractivity contribution in [1.29, 1.82) is 0 Å². The summed E-state index contributed by atoms with van der Waals surface area (Å²) >= 11 is 6.06. The number of benzene rings is 1. The number of carbonyl (C=O) groups excluding carboxylic acids is 2. The number of hydrogen-bond acceptors (Lipinski definition) is 5. The summed E-state index contributed by atoms with van der Waals surface area (Å²) in [4.78, 5) is 37.4. The lowest BCUT2D eigenvalue weighted by Gasteiger charge is -2.35. The number of carbonyl (C=O) groups is 2.